The summed E-state index contributed by atoms with van der Waals surface area (Å²) in [5, 5.41) is 0. The van der Waals surface area contributed by atoms with E-state index in [2.05, 4.69) is 9.73 Å². The summed E-state index contributed by atoms with van der Waals surface area (Å²) in [6.07, 6.45) is 1.59. The summed E-state index contributed by atoms with van der Waals surface area (Å²) in [4.78, 5) is 39.4. The van der Waals surface area contributed by atoms with Crippen molar-refractivity contribution in [1.29, 1.82) is 0 Å². The molecule has 25 heavy (non-hydrogen) atoms. The number of rotatable bonds is 6. The molecule has 0 amide bonds. The number of ether oxygens (including phenoxy) is 3. The zero-order chi connectivity index (χ0) is 18.4. The van der Waals surface area contributed by atoms with Gasteiger partial charge < -0.3 is 14.2 Å². The first-order valence-electron chi connectivity index (χ1n) is 7.73. The second kappa shape index (κ2) is 8.23. The summed E-state index contributed by atoms with van der Waals surface area (Å²) in [7, 11) is 1.28. The van der Waals surface area contributed by atoms with E-state index in [-0.39, 0.29) is 24.7 Å². The lowest BCUT2D eigenvalue weighted by molar-refractivity contribution is -0.147. The van der Waals surface area contributed by atoms with Gasteiger partial charge in [0.25, 0.3) is 0 Å². The number of carbonyl (C=O) groups excluding carboxylic acids is 3. The van der Waals surface area contributed by atoms with Crippen molar-refractivity contribution in [2.75, 3.05) is 20.3 Å². The molecule has 1 heterocycles. The van der Waals surface area contributed by atoms with Crippen LogP contribution in [0.15, 0.2) is 35.0 Å². The maximum atomic E-state index is 12.4. The fraction of sp³-hybridized carbons (Fsp3) is 0.333. The average molecular weight is 345 g/mol. The minimum absolute atomic E-state index is 0.180. The van der Waals surface area contributed by atoms with Crippen LogP contribution in [0.3, 0.4) is 0 Å². The molecule has 1 aromatic carbocycles. The largest absolute Gasteiger partial charge is 0.482 e. The smallest absolute Gasteiger partial charge is 0.343 e. The fourth-order valence-corrected chi connectivity index (χ4v) is 2.27. The molecule has 1 aliphatic rings. The number of methoxy groups -OCH3 is 1. The van der Waals surface area contributed by atoms with Gasteiger partial charge in [-0.25, -0.2) is 4.79 Å². The van der Waals surface area contributed by atoms with E-state index in [1.165, 1.54) is 7.11 Å². The lowest BCUT2D eigenvalue weighted by Crippen LogP contribution is -2.28. The highest BCUT2D eigenvalue weighted by Gasteiger charge is 2.37. The molecular weight excluding hydrogens is 326 g/mol. The van der Waals surface area contributed by atoms with Crippen LogP contribution in [0.25, 0.3) is 6.08 Å². The van der Waals surface area contributed by atoms with Gasteiger partial charge in [-0.2, -0.15) is 0 Å². The minimum atomic E-state index is -0.964. The van der Waals surface area contributed by atoms with Crippen LogP contribution in [0.4, 0.5) is 0 Å². The van der Waals surface area contributed by atoms with Crippen molar-refractivity contribution >= 4 is 29.5 Å². The van der Waals surface area contributed by atoms with Gasteiger partial charge in [0.15, 0.2) is 12.5 Å². The summed E-state index contributed by atoms with van der Waals surface area (Å²) in [5.74, 6) is -1.90. The van der Waals surface area contributed by atoms with E-state index in [1.54, 1.807) is 44.2 Å². The van der Waals surface area contributed by atoms with E-state index in [0.29, 0.717) is 11.5 Å². The molecule has 132 valence electrons. The standard InChI is InChI=1S/C18H19NO6/c1-4-24-18(22)16-11(2)19-14(17(16)21)9-12-5-7-13(8-6-12)25-10-15(20)23-3/h5-9,16H,4,10H2,1-3H3/b14-9+. The molecule has 0 saturated carbocycles. The summed E-state index contributed by atoms with van der Waals surface area (Å²) >= 11 is 0. The van der Waals surface area contributed by atoms with Crippen LogP contribution < -0.4 is 4.74 Å². The molecule has 1 atom stereocenters. The second-order valence-corrected chi connectivity index (χ2v) is 5.27. The normalized spacial score (nSPS) is 18.0. The third kappa shape index (κ3) is 4.53. The Morgan fingerprint density at radius 2 is 1.92 bits per heavy atom. The van der Waals surface area contributed by atoms with E-state index in [1.807, 2.05) is 0 Å². The van der Waals surface area contributed by atoms with Crippen molar-refractivity contribution < 1.29 is 28.6 Å². The number of Topliss-reactive ketones (excluding diaryl/α,β-unsaturated/α-hetero) is 1. The topological polar surface area (TPSA) is 91.3 Å². The highest BCUT2D eigenvalue weighted by Crippen LogP contribution is 2.24. The van der Waals surface area contributed by atoms with E-state index in [9.17, 15) is 14.4 Å². The number of hydrogen-bond acceptors (Lipinski definition) is 7. The molecule has 7 heteroatoms. The summed E-state index contributed by atoms with van der Waals surface area (Å²) in [5.41, 5.74) is 1.35. The lowest BCUT2D eigenvalue weighted by Gasteiger charge is -2.07. The molecule has 7 nitrogen and oxygen atoms in total. The van der Waals surface area contributed by atoms with Crippen LogP contribution in [0.1, 0.15) is 19.4 Å². The molecule has 0 aliphatic carbocycles. The van der Waals surface area contributed by atoms with Gasteiger partial charge in [-0.1, -0.05) is 12.1 Å². The number of ketones is 1. The first-order chi connectivity index (χ1) is 12.0. The van der Waals surface area contributed by atoms with Gasteiger partial charge in [-0.15, -0.1) is 0 Å². The highest BCUT2D eigenvalue weighted by molar-refractivity contribution is 6.28. The van der Waals surface area contributed by atoms with Crippen LogP contribution in [0.2, 0.25) is 0 Å². The Kier molecular flexibility index (Phi) is 6.05. The molecule has 0 aromatic heterocycles. The zero-order valence-corrected chi connectivity index (χ0v) is 14.3. The van der Waals surface area contributed by atoms with Gasteiger partial charge in [0, 0.05) is 5.71 Å². The Labute approximate surface area is 145 Å². The number of aliphatic imine (C=N–C) groups is 1. The van der Waals surface area contributed by atoms with Crippen LogP contribution in [-0.4, -0.2) is 43.8 Å². The van der Waals surface area contributed by atoms with Crippen molar-refractivity contribution in [2.24, 2.45) is 10.9 Å². The Bertz CT molecular complexity index is 732. The van der Waals surface area contributed by atoms with Crippen LogP contribution in [-0.2, 0) is 23.9 Å². The van der Waals surface area contributed by atoms with Gasteiger partial charge in [0.1, 0.15) is 11.4 Å². The molecule has 1 unspecified atom stereocenters. The van der Waals surface area contributed by atoms with E-state index in [4.69, 9.17) is 9.47 Å². The number of hydrogen-bond donors (Lipinski definition) is 0. The van der Waals surface area contributed by atoms with Gasteiger partial charge in [-0.3, -0.25) is 14.6 Å². The number of esters is 2. The predicted octanol–water partition coefficient (Wildman–Crippen LogP) is 1.80. The van der Waals surface area contributed by atoms with Crippen molar-refractivity contribution in [2.45, 2.75) is 13.8 Å². The molecule has 0 bridgehead atoms. The summed E-state index contributed by atoms with van der Waals surface area (Å²) in [6.45, 7) is 3.34. The van der Waals surface area contributed by atoms with Gasteiger partial charge in [0.05, 0.1) is 13.7 Å². The molecular formula is C18H19NO6. The molecule has 0 saturated heterocycles. The minimum Gasteiger partial charge on any atom is -0.482 e. The maximum absolute atomic E-state index is 12.4. The number of allylic oxidation sites excluding steroid dienone is 1. The molecule has 1 aromatic rings. The quantitative estimate of drug-likeness (QED) is 0.443. The molecule has 0 fully saturated rings. The highest BCUT2D eigenvalue weighted by atomic mass is 16.6. The third-order valence-corrected chi connectivity index (χ3v) is 3.52. The number of carbonyl (C=O) groups is 3. The van der Waals surface area contributed by atoms with Crippen LogP contribution in [0.5, 0.6) is 5.75 Å². The summed E-state index contributed by atoms with van der Waals surface area (Å²) in [6, 6.07) is 6.76. The predicted molar refractivity (Wildman–Crippen MR) is 90.2 cm³/mol. The van der Waals surface area contributed by atoms with Gasteiger partial charge in [-0.05, 0) is 37.6 Å². The first kappa shape index (κ1) is 18.4. The monoisotopic (exact) mass is 345 g/mol. The van der Waals surface area contributed by atoms with Crippen LogP contribution >= 0.6 is 0 Å². The maximum Gasteiger partial charge on any atom is 0.343 e. The third-order valence-electron chi connectivity index (χ3n) is 3.52. The van der Waals surface area contributed by atoms with Gasteiger partial charge in [0.2, 0.25) is 5.78 Å². The van der Waals surface area contributed by atoms with Crippen molar-refractivity contribution in [1.82, 2.24) is 0 Å². The Balaban J connectivity index is 2.09. The SMILES string of the molecule is CCOC(=O)C1C(=O)/C(=C\c2ccc(OCC(=O)OC)cc2)N=C1C. The lowest BCUT2D eigenvalue weighted by atomic mass is 10.0. The van der Waals surface area contributed by atoms with Gasteiger partial charge >= 0.3 is 11.9 Å². The molecule has 1 aliphatic heterocycles. The Morgan fingerprint density at radius 3 is 2.52 bits per heavy atom. The van der Waals surface area contributed by atoms with E-state index < -0.39 is 17.9 Å². The first-order valence-corrected chi connectivity index (χ1v) is 7.73. The van der Waals surface area contributed by atoms with E-state index in [0.717, 1.165) is 5.56 Å². The second-order valence-electron chi connectivity index (χ2n) is 5.27. The molecule has 0 radical (unpaired) electrons. The zero-order valence-electron chi connectivity index (χ0n) is 14.3. The van der Waals surface area contributed by atoms with E-state index >= 15 is 0 Å². The average Bonchev–Trinajstić information content (AvgIpc) is 2.87. The fourth-order valence-electron chi connectivity index (χ4n) is 2.27. The van der Waals surface area contributed by atoms with Crippen molar-refractivity contribution in [3.63, 3.8) is 0 Å². The molecule has 0 spiro atoms. The number of nitrogens with zero attached hydrogens (tertiary/aromatic N) is 1. The molecule has 2 rings (SSSR count). The Morgan fingerprint density at radius 1 is 1.24 bits per heavy atom. The van der Waals surface area contributed by atoms with Crippen molar-refractivity contribution in [3.8, 4) is 5.75 Å². The summed E-state index contributed by atoms with van der Waals surface area (Å²) < 4.78 is 14.6. The van der Waals surface area contributed by atoms with Crippen LogP contribution in [0, 0.1) is 5.92 Å². The number of benzene rings is 1. The Hall–Kier alpha value is -2.96. The van der Waals surface area contributed by atoms with Crippen molar-refractivity contribution in [3.05, 3.63) is 35.5 Å². The molecule has 0 N–H and O–H groups in total.